The molecule has 2 N–H and O–H groups in total. The van der Waals surface area contributed by atoms with E-state index in [1.165, 1.54) is 5.56 Å². The standard InChI is InChI=1S/C17H19F3N6.HI/c1-21-16(26-11-7-12-4-2-3-5-13(12)26)24-10-9-23-15-22-8-6-14(25-15)17(18,19)20;/h2-6,8H,7,9-11H2,1H3,(H,21,24)(H,22,23,25);1H. The summed E-state index contributed by atoms with van der Waals surface area (Å²) in [7, 11) is 1.70. The molecule has 1 aromatic heterocycles. The average Bonchev–Trinajstić information content (AvgIpc) is 3.05. The zero-order valence-electron chi connectivity index (χ0n) is 14.6. The molecular weight excluding hydrogens is 472 g/mol. The van der Waals surface area contributed by atoms with Crippen molar-refractivity contribution in [1.29, 1.82) is 0 Å². The monoisotopic (exact) mass is 492 g/mol. The Hall–Kier alpha value is -2.11. The van der Waals surface area contributed by atoms with Gasteiger partial charge in [0.2, 0.25) is 5.95 Å². The van der Waals surface area contributed by atoms with Crippen molar-refractivity contribution in [1.82, 2.24) is 15.3 Å². The number of nitrogens with zero attached hydrogens (tertiary/aromatic N) is 4. The number of benzene rings is 1. The van der Waals surface area contributed by atoms with Gasteiger partial charge in [-0.3, -0.25) is 4.99 Å². The van der Waals surface area contributed by atoms with Gasteiger partial charge in [-0.2, -0.15) is 13.2 Å². The van der Waals surface area contributed by atoms with Crippen LogP contribution in [0.4, 0.5) is 24.8 Å². The van der Waals surface area contributed by atoms with Crippen LogP contribution in [0.5, 0.6) is 0 Å². The van der Waals surface area contributed by atoms with E-state index in [9.17, 15) is 13.2 Å². The van der Waals surface area contributed by atoms with E-state index in [2.05, 4.69) is 36.6 Å². The minimum Gasteiger partial charge on any atom is -0.354 e. The molecule has 0 aliphatic carbocycles. The van der Waals surface area contributed by atoms with Crippen LogP contribution in [0.2, 0.25) is 0 Å². The van der Waals surface area contributed by atoms with Crippen LogP contribution in [0.3, 0.4) is 0 Å². The first-order chi connectivity index (χ1) is 12.5. The summed E-state index contributed by atoms with van der Waals surface area (Å²) in [4.78, 5) is 13.7. The van der Waals surface area contributed by atoms with Gasteiger partial charge in [0.25, 0.3) is 0 Å². The summed E-state index contributed by atoms with van der Waals surface area (Å²) in [5.41, 5.74) is 1.42. The zero-order valence-corrected chi connectivity index (χ0v) is 17.0. The molecule has 0 saturated heterocycles. The highest BCUT2D eigenvalue weighted by molar-refractivity contribution is 14.0. The molecule has 6 nitrogen and oxygen atoms in total. The Morgan fingerprint density at radius 2 is 2.00 bits per heavy atom. The van der Waals surface area contributed by atoms with Gasteiger partial charge in [0.1, 0.15) is 5.69 Å². The third-order valence-corrected chi connectivity index (χ3v) is 3.99. The lowest BCUT2D eigenvalue weighted by Crippen LogP contribution is -2.42. The van der Waals surface area contributed by atoms with Gasteiger partial charge in [-0.05, 0) is 24.1 Å². The Morgan fingerprint density at radius 1 is 1.22 bits per heavy atom. The number of halogens is 4. The summed E-state index contributed by atoms with van der Waals surface area (Å²) in [6.07, 6.45) is -2.44. The van der Waals surface area contributed by atoms with Gasteiger partial charge in [-0.1, -0.05) is 18.2 Å². The molecule has 0 saturated carbocycles. The van der Waals surface area contributed by atoms with Crippen molar-refractivity contribution in [2.75, 3.05) is 36.9 Å². The second-order valence-corrected chi connectivity index (χ2v) is 5.69. The Balaban J connectivity index is 0.00000261. The van der Waals surface area contributed by atoms with Gasteiger partial charge in [0.15, 0.2) is 5.96 Å². The molecule has 146 valence electrons. The second-order valence-electron chi connectivity index (χ2n) is 5.69. The second kappa shape index (κ2) is 9.20. The maximum atomic E-state index is 12.7. The number of aromatic nitrogens is 2. The summed E-state index contributed by atoms with van der Waals surface area (Å²) < 4.78 is 38.0. The molecule has 0 spiro atoms. The number of para-hydroxylation sites is 1. The molecule has 27 heavy (non-hydrogen) atoms. The lowest BCUT2D eigenvalue weighted by Gasteiger charge is -2.22. The van der Waals surface area contributed by atoms with E-state index in [0.29, 0.717) is 13.1 Å². The van der Waals surface area contributed by atoms with Crippen molar-refractivity contribution in [3.05, 3.63) is 47.8 Å². The predicted molar refractivity (Wildman–Crippen MR) is 110 cm³/mol. The summed E-state index contributed by atoms with van der Waals surface area (Å²) >= 11 is 0. The van der Waals surface area contributed by atoms with Gasteiger partial charge in [-0.15, -0.1) is 24.0 Å². The number of anilines is 2. The summed E-state index contributed by atoms with van der Waals surface area (Å²) in [5, 5.41) is 5.99. The highest BCUT2D eigenvalue weighted by atomic mass is 127. The summed E-state index contributed by atoms with van der Waals surface area (Å²) in [5.74, 6) is 0.671. The fraction of sp³-hybridized carbons (Fsp3) is 0.353. The Labute approximate surface area is 172 Å². The molecule has 0 bridgehead atoms. The summed E-state index contributed by atoms with van der Waals surface area (Å²) in [6.45, 7) is 1.66. The smallest absolute Gasteiger partial charge is 0.354 e. The van der Waals surface area contributed by atoms with E-state index in [0.717, 1.165) is 36.9 Å². The van der Waals surface area contributed by atoms with Crippen molar-refractivity contribution in [3.63, 3.8) is 0 Å². The van der Waals surface area contributed by atoms with E-state index in [4.69, 9.17) is 0 Å². The van der Waals surface area contributed by atoms with Crippen LogP contribution in [-0.2, 0) is 12.6 Å². The highest BCUT2D eigenvalue weighted by Gasteiger charge is 2.32. The molecule has 0 amide bonds. The normalized spacial score (nSPS) is 13.8. The van der Waals surface area contributed by atoms with E-state index in [-0.39, 0.29) is 29.9 Å². The lowest BCUT2D eigenvalue weighted by atomic mass is 10.2. The fourth-order valence-electron chi connectivity index (χ4n) is 2.80. The van der Waals surface area contributed by atoms with E-state index < -0.39 is 11.9 Å². The van der Waals surface area contributed by atoms with Gasteiger partial charge >= 0.3 is 6.18 Å². The van der Waals surface area contributed by atoms with Gasteiger partial charge in [-0.25, -0.2) is 9.97 Å². The van der Waals surface area contributed by atoms with Crippen LogP contribution in [0, 0.1) is 0 Å². The number of alkyl halides is 3. The molecule has 2 heterocycles. The van der Waals surface area contributed by atoms with Gasteiger partial charge in [0, 0.05) is 38.6 Å². The fourth-order valence-corrected chi connectivity index (χ4v) is 2.80. The van der Waals surface area contributed by atoms with Crippen molar-refractivity contribution in [2.24, 2.45) is 4.99 Å². The first kappa shape index (κ1) is 21.2. The van der Waals surface area contributed by atoms with Crippen LogP contribution >= 0.6 is 24.0 Å². The number of hydrogen-bond acceptors (Lipinski definition) is 4. The molecule has 0 radical (unpaired) electrons. The molecule has 3 rings (SSSR count). The lowest BCUT2D eigenvalue weighted by molar-refractivity contribution is -0.141. The minimum atomic E-state index is -4.48. The zero-order chi connectivity index (χ0) is 18.6. The van der Waals surface area contributed by atoms with Crippen LogP contribution < -0.4 is 15.5 Å². The summed E-state index contributed by atoms with van der Waals surface area (Å²) in [6, 6.07) is 8.98. The number of fused-ring (bicyclic) bond motifs is 1. The third-order valence-electron chi connectivity index (χ3n) is 3.99. The number of rotatable bonds is 4. The number of hydrogen-bond donors (Lipinski definition) is 2. The van der Waals surface area contributed by atoms with Crippen molar-refractivity contribution < 1.29 is 13.2 Å². The predicted octanol–water partition coefficient (Wildman–Crippen LogP) is 3.16. The maximum Gasteiger partial charge on any atom is 0.433 e. The largest absolute Gasteiger partial charge is 0.433 e. The number of nitrogens with one attached hydrogen (secondary N) is 2. The molecule has 10 heteroatoms. The Kier molecular flexibility index (Phi) is 7.22. The van der Waals surface area contributed by atoms with Crippen LogP contribution in [-0.4, -0.2) is 42.6 Å². The molecule has 0 unspecified atom stereocenters. The van der Waals surface area contributed by atoms with Gasteiger partial charge < -0.3 is 15.5 Å². The van der Waals surface area contributed by atoms with E-state index >= 15 is 0 Å². The first-order valence-electron chi connectivity index (χ1n) is 8.19. The Morgan fingerprint density at radius 3 is 2.74 bits per heavy atom. The molecule has 1 aliphatic rings. The minimum absolute atomic E-state index is 0. The molecule has 0 atom stereocenters. The Bertz CT molecular complexity index is 796. The molecule has 1 aliphatic heterocycles. The van der Waals surface area contributed by atoms with E-state index in [1.54, 1.807) is 7.05 Å². The first-order valence-corrected chi connectivity index (χ1v) is 8.19. The molecule has 0 fully saturated rings. The number of aliphatic imine (C=N–C) groups is 1. The van der Waals surface area contributed by atoms with Gasteiger partial charge in [0.05, 0.1) is 0 Å². The molecule has 1 aromatic carbocycles. The quantitative estimate of drug-likeness (QED) is 0.297. The third kappa shape index (κ3) is 5.21. The SMILES string of the molecule is CN=C(NCCNc1nccc(C(F)(F)F)n1)N1CCc2ccccc21.I. The van der Waals surface area contributed by atoms with Crippen molar-refractivity contribution in [3.8, 4) is 0 Å². The topological polar surface area (TPSA) is 65.4 Å². The van der Waals surface area contributed by atoms with Crippen LogP contribution in [0.15, 0.2) is 41.5 Å². The van der Waals surface area contributed by atoms with Crippen molar-refractivity contribution >= 4 is 41.6 Å². The average molecular weight is 492 g/mol. The highest BCUT2D eigenvalue weighted by Crippen LogP contribution is 2.28. The van der Waals surface area contributed by atoms with Crippen LogP contribution in [0.1, 0.15) is 11.3 Å². The maximum absolute atomic E-state index is 12.7. The van der Waals surface area contributed by atoms with Crippen molar-refractivity contribution in [2.45, 2.75) is 12.6 Å². The van der Waals surface area contributed by atoms with E-state index in [1.807, 2.05) is 18.2 Å². The molecule has 2 aromatic rings. The molecular formula is C17H20F3IN6. The van der Waals surface area contributed by atoms with Crippen LogP contribution in [0.25, 0.3) is 0 Å². The number of guanidine groups is 1.